The van der Waals surface area contributed by atoms with E-state index in [4.69, 9.17) is 70.1 Å². The molecular formula is C12H8Cl4N4OS. The van der Waals surface area contributed by atoms with Crippen LogP contribution in [0.3, 0.4) is 0 Å². The SMILES string of the molecule is NC(=O)c1c(Cl)cncc1Cl.NC(=S)c1c(Cl)cncc1Cl. The predicted octanol–water partition coefficient (Wildman–Crippen LogP) is 3.51. The van der Waals surface area contributed by atoms with Gasteiger partial charge in [0.2, 0.25) is 0 Å². The van der Waals surface area contributed by atoms with Crippen molar-refractivity contribution in [3.05, 3.63) is 56.0 Å². The van der Waals surface area contributed by atoms with Crippen molar-refractivity contribution >= 4 is 69.5 Å². The summed E-state index contributed by atoms with van der Waals surface area (Å²) >= 11 is 27.3. The number of rotatable bonds is 2. The van der Waals surface area contributed by atoms with Crippen molar-refractivity contribution in [1.82, 2.24) is 9.97 Å². The van der Waals surface area contributed by atoms with E-state index in [0.29, 0.717) is 15.6 Å². The summed E-state index contributed by atoms with van der Waals surface area (Å²) in [4.78, 5) is 18.3. The summed E-state index contributed by atoms with van der Waals surface area (Å²) in [5.74, 6) is -0.651. The Balaban J connectivity index is 0.000000220. The molecule has 0 aromatic carbocycles. The Kier molecular flexibility index (Phi) is 7.25. The lowest BCUT2D eigenvalue weighted by Crippen LogP contribution is -2.12. The lowest BCUT2D eigenvalue weighted by atomic mass is 10.2. The molecule has 2 rings (SSSR count). The third kappa shape index (κ3) is 4.93. The van der Waals surface area contributed by atoms with E-state index in [9.17, 15) is 4.79 Å². The van der Waals surface area contributed by atoms with Crippen LogP contribution in [-0.2, 0) is 0 Å². The van der Waals surface area contributed by atoms with Crippen LogP contribution in [0.25, 0.3) is 0 Å². The third-order valence-electron chi connectivity index (χ3n) is 2.20. The van der Waals surface area contributed by atoms with Crippen LogP contribution in [0.1, 0.15) is 15.9 Å². The minimum absolute atomic E-state index is 0.114. The van der Waals surface area contributed by atoms with Crippen molar-refractivity contribution in [1.29, 1.82) is 0 Å². The van der Waals surface area contributed by atoms with Crippen molar-refractivity contribution in [3.63, 3.8) is 0 Å². The van der Waals surface area contributed by atoms with Crippen molar-refractivity contribution < 1.29 is 4.79 Å². The number of aromatic nitrogens is 2. The average Bonchev–Trinajstić information content (AvgIpc) is 2.38. The van der Waals surface area contributed by atoms with Crippen LogP contribution >= 0.6 is 58.6 Å². The summed E-state index contributed by atoms with van der Waals surface area (Å²) in [5, 5.41) is 1.10. The van der Waals surface area contributed by atoms with Crippen molar-refractivity contribution in [2.24, 2.45) is 11.5 Å². The summed E-state index contributed by atoms with van der Waals surface area (Å²) in [6.07, 6.45) is 5.52. The Bertz CT molecular complexity index is 624. The quantitative estimate of drug-likeness (QED) is 0.756. The van der Waals surface area contributed by atoms with Gasteiger partial charge in [-0.1, -0.05) is 58.6 Å². The van der Waals surface area contributed by atoms with Crippen molar-refractivity contribution in [3.8, 4) is 0 Å². The molecule has 22 heavy (non-hydrogen) atoms. The number of nitrogens with two attached hydrogens (primary N) is 2. The fraction of sp³-hybridized carbons (Fsp3) is 0. The molecule has 0 spiro atoms. The van der Waals surface area contributed by atoms with Crippen LogP contribution in [0, 0.1) is 0 Å². The van der Waals surface area contributed by atoms with Crippen molar-refractivity contribution in [2.75, 3.05) is 0 Å². The molecule has 2 aromatic rings. The number of halogens is 4. The first kappa shape index (κ1) is 18.9. The fourth-order valence-corrected chi connectivity index (χ4v) is 2.74. The molecule has 0 unspecified atom stereocenters. The highest BCUT2D eigenvalue weighted by Crippen LogP contribution is 2.22. The topological polar surface area (TPSA) is 94.9 Å². The largest absolute Gasteiger partial charge is 0.389 e. The highest BCUT2D eigenvalue weighted by Gasteiger charge is 2.10. The molecule has 116 valence electrons. The van der Waals surface area contributed by atoms with Gasteiger partial charge in [-0.25, -0.2) is 0 Å². The predicted molar refractivity (Wildman–Crippen MR) is 92.9 cm³/mol. The summed E-state index contributed by atoms with van der Waals surface area (Å²) in [6.45, 7) is 0. The van der Waals surface area contributed by atoms with Gasteiger partial charge in [0.05, 0.1) is 25.7 Å². The normalized spacial score (nSPS) is 9.64. The smallest absolute Gasteiger partial charge is 0.251 e. The highest BCUT2D eigenvalue weighted by atomic mass is 35.5. The third-order valence-corrected chi connectivity index (χ3v) is 3.55. The van der Waals surface area contributed by atoms with Crippen molar-refractivity contribution in [2.45, 2.75) is 0 Å². The minimum atomic E-state index is -0.651. The van der Waals surface area contributed by atoms with Crippen LogP contribution in [-0.4, -0.2) is 20.9 Å². The van der Waals surface area contributed by atoms with Gasteiger partial charge in [0.25, 0.3) is 5.91 Å². The van der Waals surface area contributed by atoms with Gasteiger partial charge >= 0.3 is 0 Å². The first-order chi connectivity index (χ1) is 10.3. The molecular weight excluding hydrogens is 390 g/mol. The lowest BCUT2D eigenvalue weighted by molar-refractivity contribution is 0.100. The van der Waals surface area contributed by atoms with E-state index < -0.39 is 5.91 Å². The zero-order valence-corrected chi connectivity index (χ0v) is 14.5. The molecule has 0 fully saturated rings. The van der Waals surface area contributed by atoms with Gasteiger partial charge in [-0.15, -0.1) is 0 Å². The van der Waals surface area contributed by atoms with Crippen LogP contribution < -0.4 is 11.5 Å². The standard InChI is InChI=1S/C6H4Cl2N2O.C6H4Cl2N2S/c2*7-3-1-10-2-4(8)5(3)6(9)11/h2*1-2H,(H2,9,11). The number of amides is 1. The van der Waals surface area contributed by atoms with Gasteiger partial charge in [-0.2, -0.15) is 0 Å². The number of hydrogen-bond donors (Lipinski definition) is 2. The maximum Gasteiger partial charge on any atom is 0.251 e. The lowest BCUT2D eigenvalue weighted by Gasteiger charge is -2.01. The average molecular weight is 398 g/mol. The number of carbonyl (C=O) groups is 1. The zero-order chi connectivity index (χ0) is 16.9. The van der Waals surface area contributed by atoms with E-state index in [1.807, 2.05) is 0 Å². The van der Waals surface area contributed by atoms with E-state index in [-0.39, 0.29) is 20.6 Å². The van der Waals surface area contributed by atoms with Gasteiger partial charge in [0.1, 0.15) is 4.99 Å². The Morgan fingerprint density at radius 1 is 0.818 bits per heavy atom. The number of pyridine rings is 2. The molecule has 0 bridgehead atoms. The number of hydrogen-bond acceptors (Lipinski definition) is 4. The van der Waals surface area contributed by atoms with E-state index in [0.717, 1.165) is 0 Å². The second kappa shape index (κ2) is 8.45. The van der Waals surface area contributed by atoms with Gasteiger partial charge in [-0.3, -0.25) is 14.8 Å². The molecule has 10 heteroatoms. The summed E-state index contributed by atoms with van der Waals surface area (Å²) in [6, 6.07) is 0. The molecule has 0 aliphatic rings. The van der Waals surface area contributed by atoms with Gasteiger partial charge in [0, 0.05) is 30.4 Å². The van der Waals surface area contributed by atoms with Gasteiger partial charge in [-0.05, 0) is 0 Å². The van der Waals surface area contributed by atoms with E-state index in [1.54, 1.807) is 0 Å². The second-order valence-corrected chi connectivity index (χ2v) is 5.75. The van der Waals surface area contributed by atoms with Gasteiger partial charge < -0.3 is 11.5 Å². The maximum atomic E-state index is 10.7. The molecule has 0 atom stereocenters. The second-order valence-electron chi connectivity index (χ2n) is 3.68. The van der Waals surface area contributed by atoms with Crippen LogP contribution in [0.2, 0.25) is 20.1 Å². The Morgan fingerprint density at radius 3 is 1.32 bits per heavy atom. The first-order valence-corrected chi connectivity index (χ1v) is 7.35. The molecule has 0 radical (unpaired) electrons. The molecule has 1 amide bonds. The van der Waals surface area contributed by atoms with E-state index >= 15 is 0 Å². The number of primary amides is 1. The summed E-state index contributed by atoms with van der Waals surface area (Å²) < 4.78 is 0. The molecule has 0 aliphatic heterocycles. The highest BCUT2D eigenvalue weighted by molar-refractivity contribution is 7.80. The van der Waals surface area contributed by atoms with Crippen LogP contribution in [0.5, 0.6) is 0 Å². The number of nitrogens with zero attached hydrogens (tertiary/aromatic N) is 2. The van der Waals surface area contributed by atoms with E-state index in [1.165, 1.54) is 24.8 Å². The maximum absolute atomic E-state index is 10.7. The zero-order valence-electron chi connectivity index (χ0n) is 10.7. The number of carbonyl (C=O) groups excluding carboxylic acids is 1. The molecule has 0 saturated heterocycles. The van der Waals surface area contributed by atoms with Gasteiger partial charge in [0.15, 0.2) is 0 Å². The molecule has 4 N–H and O–H groups in total. The summed E-state index contributed by atoms with van der Waals surface area (Å²) in [5.41, 5.74) is 10.9. The Labute approximate surface area is 151 Å². The molecule has 0 aliphatic carbocycles. The Morgan fingerprint density at radius 2 is 1.14 bits per heavy atom. The molecule has 2 aromatic heterocycles. The first-order valence-electron chi connectivity index (χ1n) is 5.43. The number of thiocarbonyl (C=S) groups is 1. The van der Waals surface area contributed by atoms with E-state index in [2.05, 4.69) is 9.97 Å². The van der Waals surface area contributed by atoms with Crippen LogP contribution in [0.15, 0.2) is 24.8 Å². The molecule has 5 nitrogen and oxygen atoms in total. The molecule has 0 saturated carbocycles. The Hall–Kier alpha value is -1.18. The summed E-state index contributed by atoms with van der Waals surface area (Å²) in [7, 11) is 0. The fourth-order valence-electron chi connectivity index (χ4n) is 1.29. The molecule has 2 heterocycles. The minimum Gasteiger partial charge on any atom is -0.389 e. The van der Waals surface area contributed by atoms with Crippen LogP contribution in [0.4, 0.5) is 0 Å². The monoisotopic (exact) mass is 396 g/mol.